The van der Waals surface area contributed by atoms with E-state index >= 15 is 0 Å². The minimum absolute atomic E-state index is 0.382. The van der Waals surface area contributed by atoms with Crippen LogP contribution in [0.3, 0.4) is 0 Å². The summed E-state index contributed by atoms with van der Waals surface area (Å²) in [5.41, 5.74) is 1.87. The quantitative estimate of drug-likeness (QED) is 0.176. The molecule has 2 aliphatic carbocycles. The second-order valence-electron chi connectivity index (χ2n) is 10.3. The van der Waals surface area contributed by atoms with Gasteiger partial charge in [0.15, 0.2) is 0 Å². The maximum absolute atomic E-state index is 2.43. The minimum Gasteiger partial charge on any atom is -0.0622 e. The van der Waals surface area contributed by atoms with Crippen molar-refractivity contribution in [1.29, 1.82) is 0 Å². The van der Waals surface area contributed by atoms with E-state index in [0.717, 1.165) is 6.42 Å². The molecule has 0 aromatic heterocycles. The van der Waals surface area contributed by atoms with Crippen LogP contribution in [0.15, 0.2) is 121 Å². The van der Waals surface area contributed by atoms with Crippen LogP contribution in [-0.4, -0.2) is 5.66 Å². The van der Waals surface area contributed by atoms with E-state index in [1.54, 1.807) is 0 Å². The maximum Gasteiger partial charge on any atom is 0.0201 e. The van der Waals surface area contributed by atoms with Gasteiger partial charge in [0.05, 0.1) is 0 Å². The lowest BCUT2D eigenvalue weighted by atomic mass is 9.85. The minimum atomic E-state index is -0.684. The third-order valence-corrected chi connectivity index (χ3v) is 13.0. The number of hydrogen-bond acceptors (Lipinski definition) is 0. The molecule has 0 saturated heterocycles. The molecule has 40 heavy (non-hydrogen) atoms. The largest absolute Gasteiger partial charge is 0.0622 e. The summed E-state index contributed by atoms with van der Waals surface area (Å²) in [6.07, 6.45) is 17.2. The fourth-order valence-corrected chi connectivity index (χ4v) is 11.4. The van der Waals surface area contributed by atoms with E-state index in [2.05, 4.69) is 173 Å². The van der Waals surface area contributed by atoms with Crippen molar-refractivity contribution in [3.8, 4) is 0 Å². The lowest BCUT2D eigenvalue weighted by molar-refractivity contribution is 0.568. The molecule has 0 nitrogen and oxygen atoms in total. The number of hydrogen-bond donors (Lipinski definition) is 0. The molecule has 0 unspecified atom stereocenters. The number of rotatable bonds is 10. The van der Waals surface area contributed by atoms with Gasteiger partial charge in [0.2, 0.25) is 0 Å². The Kier molecular flexibility index (Phi) is 9.48. The van der Waals surface area contributed by atoms with Gasteiger partial charge < -0.3 is 0 Å². The molecule has 4 aromatic rings. The lowest BCUT2D eigenvalue weighted by Crippen LogP contribution is -2.32. The predicted molar refractivity (Wildman–Crippen MR) is 176 cm³/mol. The third-order valence-electron chi connectivity index (χ3n) is 7.67. The predicted octanol–water partition coefficient (Wildman–Crippen LogP) is 7.79. The van der Waals surface area contributed by atoms with E-state index in [-0.39, 0.29) is 0 Å². The van der Waals surface area contributed by atoms with Crippen LogP contribution in [0.2, 0.25) is 0 Å². The first-order chi connectivity index (χ1) is 19.8. The van der Waals surface area contributed by atoms with Crippen LogP contribution in [-0.2, 0) is 0 Å². The maximum atomic E-state index is 2.43. The Morgan fingerprint density at radius 2 is 0.950 bits per heavy atom. The van der Waals surface area contributed by atoms with E-state index in [1.807, 2.05) is 0 Å². The molecule has 2 fully saturated rings. The van der Waals surface area contributed by atoms with Gasteiger partial charge in [0.1, 0.15) is 0 Å². The van der Waals surface area contributed by atoms with Gasteiger partial charge in [-0.2, -0.15) is 0 Å². The smallest absolute Gasteiger partial charge is 0.0201 e. The van der Waals surface area contributed by atoms with Gasteiger partial charge in [0, 0.05) is 5.66 Å². The van der Waals surface area contributed by atoms with Crippen molar-refractivity contribution in [2.75, 3.05) is 0 Å². The summed E-state index contributed by atoms with van der Waals surface area (Å²) in [6, 6.07) is 44.7. The summed E-state index contributed by atoms with van der Waals surface area (Å²) in [7, 11) is -1.33. The zero-order chi connectivity index (χ0) is 27.1. The van der Waals surface area contributed by atoms with E-state index in [4.69, 9.17) is 0 Å². The molecule has 2 heteroatoms. The summed E-state index contributed by atoms with van der Waals surface area (Å²) < 4.78 is 0. The Morgan fingerprint density at radius 3 is 1.43 bits per heavy atom. The highest BCUT2D eigenvalue weighted by atomic mass is 31.1. The van der Waals surface area contributed by atoms with Crippen molar-refractivity contribution in [2.45, 2.75) is 19.0 Å². The van der Waals surface area contributed by atoms with Gasteiger partial charge in [-0.1, -0.05) is 128 Å². The number of benzene rings is 4. The highest BCUT2D eigenvalue weighted by molar-refractivity contribution is 7.76. The first kappa shape index (κ1) is 27.9. The Morgan fingerprint density at radius 1 is 0.500 bits per heavy atom. The molecule has 0 aliphatic heterocycles. The molecule has 2 saturated carbocycles. The van der Waals surface area contributed by atoms with Crippen LogP contribution >= 0.6 is 15.8 Å². The summed E-state index contributed by atoms with van der Waals surface area (Å²) in [5, 5.41) is 5.70. The fraction of sp³-hybridized carbons (Fsp3) is 0.105. The lowest BCUT2D eigenvalue weighted by Gasteiger charge is -2.40. The zero-order valence-electron chi connectivity index (χ0n) is 22.8. The van der Waals surface area contributed by atoms with E-state index in [9.17, 15) is 0 Å². The summed E-state index contributed by atoms with van der Waals surface area (Å²) in [6.45, 7) is 2.41. The third kappa shape index (κ3) is 6.30. The van der Waals surface area contributed by atoms with Crippen LogP contribution in [0.5, 0.6) is 0 Å². The van der Waals surface area contributed by atoms with Gasteiger partial charge in [-0.25, -0.2) is 0 Å². The Hall–Kier alpha value is -2.26. The molecular formula is C38H34P2. The normalized spacial score (nSPS) is 18.5. The van der Waals surface area contributed by atoms with Crippen LogP contribution in [0, 0.1) is 68.4 Å². The molecule has 0 amide bonds. The van der Waals surface area contributed by atoms with Crippen molar-refractivity contribution in [1.82, 2.24) is 0 Å². The van der Waals surface area contributed by atoms with Crippen LogP contribution < -0.4 is 21.2 Å². The highest BCUT2D eigenvalue weighted by Gasteiger charge is 2.45. The fourth-order valence-electron chi connectivity index (χ4n) is 5.74. The van der Waals surface area contributed by atoms with E-state index < -0.39 is 15.8 Å². The van der Waals surface area contributed by atoms with Crippen LogP contribution in [0.4, 0.5) is 0 Å². The average molecular weight is 553 g/mol. The second kappa shape index (κ2) is 13.6. The summed E-state index contributed by atoms with van der Waals surface area (Å²) >= 11 is 0. The Balaban J connectivity index is 1.45. The van der Waals surface area contributed by atoms with E-state index in [1.165, 1.54) is 38.7 Å². The zero-order valence-corrected chi connectivity index (χ0v) is 24.6. The first-order valence-electron chi connectivity index (χ1n) is 14.1. The average Bonchev–Trinajstić information content (AvgIpc) is 3.73. The molecule has 4 aromatic carbocycles. The van der Waals surface area contributed by atoms with Gasteiger partial charge in [-0.15, -0.1) is 0 Å². The van der Waals surface area contributed by atoms with Crippen molar-refractivity contribution in [2.24, 2.45) is 5.92 Å². The SMILES string of the molecule is C[C@@H](C[C@@H]([C]1[CH][CH][CH][C]1P(c1ccccc1)c1ccccc1)P(c1ccccc1)c1ccccc1)[C]1[CH][CH][CH][CH]1. The van der Waals surface area contributed by atoms with Crippen molar-refractivity contribution < 1.29 is 0 Å². The molecule has 0 spiro atoms. The van der Waals surface area contributed by atoms with Crippen molar-refractivity contribution in [3.05, 3.63) is 184 Å². The molecule has 2 atom stereocenters. The first-order valence-corrected chi connectivity index (χ1v) is 16.8. The molecule has 0 heterocycles. The van der Waals surface area contributed by atoms with Crippen LogP contribution in [0.1, 0.15) is 13.3 Å². The second-order valence-corrected chi connectivity index (χ2v) is 14.9. The van der Waals surface area contributed by atoms with Gasteiger partial charge in [-0.3, -0.25) is 0 Å². The summed E-state index contributed by atoms with van der Waals surface area (Å²) in [5.74, 6) is 3.40. The van der Waals surface area contributed by atoms with Gasteiger partial charge in [-0.05, 0) is 112 Å². The molecular weight excluding hydrogens is 518 g/mol. The standard InChI is InChI=1S/C38H34P2/c1-30(31-17-14-15-18-31)29-38(40(34-23-10-4-11-24-34)35-25-12-5-13-26-35)36-27-16-28-37(36)39(32-19-6-2-7-20-32)33-21-8-3-9-22-33/h2-28,30,38H,29H2,1H3/t30-,38-/m0/s1. The van der Waals surface area contributed by atoms with Crippen molar-refractivity contribution >= 4 is 37.1 Å². The van der Waals surface area contributed by atoms with E-state index in [0.29, 0.717) is 11.6 Å². The van der Waals surface area contributed by atoms with Crippen LogP contribution in [0.25, 0.3) is 0 Å². The van der Waals surface area contributed by atoms with Gasteiger partial charge >= 0.3 is 0 Å². The molecule has 196 valence electrons. The van der Waals surface area contributed by atoms with Gasteiger partial charge in [0.25, 0.3) is 0 Å². The molecule has 6 rings (SSSR count). The summed E-state index contributed by atoms with van der Waals surface area (Å²) in [4.78, 5) is 0. The Labute approximate surface area is 245 Å². The molecule has 0 N–H and O–H groups in total. The monoisotopic (exact) mass is 552 g/mol. The molecule has 10 radical (unpaired) electrons. The molecule has 0 bridgehead atoms. The Bertz CT molecular complexity index is 1210. The highest BCUT2D eigenvalue weighted by Crippen LogP contribution is 2.62. The van der Waals surface area contributed by atoms with Crippen molar-refractivity contribution in [3.63, 3.8) is 0 Å². The topological polar surface area (TPSA) is 0 Å². The molecule has 2 aliphatic rings.